The van der Waals surface area contributed by atoms with E-state index in [2.05, 4.69) is 26.6 Å². The van der Waals surface area contributed by atoms with Crippen LogP contribution in [0.25, 0.3) is 0 Å². The Kier molecular flexibility index (Phi) is 8.29. The van der Waals surface area contributed by atoms with Gasteiger partial charge in [0.15, 0.2) is 0 Å². The summed E-state index contributed by atoms with van der Waals surface area (Å²) in [6.45, 7) is 8.97. The quantitative estimate of drug-likeness (QED) is 0.567. The zero-order valence-corrected chi connectivity index (χ0v) is 18.5. The molecule has 0 spiro atoms. The number of alkyl carbamates (subject to hydrolysis) is 1. The maximum Gasteiger partial charge on any atom is 0.408 e. The van der Waals surface area contributed by atoms with Gasteiger partial charge in [0.25, 0.3) is 0 Å². The predicted octanol–water partition coefficient (Wildman–Crippen LogP) is 4.03. The van der Waals surface area contributed by atoms with Crippen LogP contribution in [0.2, 0.25) is 0 Å². The van der Waals surface area contributed by atoms with E-state index in [4.69, 9.17) is 9.47 Å². The second-order valence-corrected chi connectivity index (χ2v) is 8.48. The van der Waals surface area contributed by atoms with E-state index in [0.29, 0.717) is 10.9 Å². The van der Waals surface area contributed by atoms with Crippen molar-refractivity contribution >= 4 is 39.6 Å². The van der Waals surface area contributed by atoms with E-state index in [1.54, 1.807) is 26.8 Å². The molecule has 2 amide bonds. The molecule has 0 saturated heterocycles. The van der Waals surface area contributed by atoms with Crippen molar-refractivity contribution in [3.63, 3.8) is 0 Å². The molecule has 0 aromatic heterocycles. The number of carboxylic acids is 1. The first-order valence-corrected chi connectivity index (χ1v) is 9.55. The Morgan fingerprint density at radius 1 is 1.21 bits per heavy atom. The summed E-state index contributed by atoms with van der Waals surface area (Å²) < 4.78 is 10.8. The molecule has 0 heterocycles. The molecule has 0 saturated carbocycles. The van der Waals surface area contributed by atoms with Crippen molar-refractivity contribution in [1.82, 2.24) is 5.32 Å². The number of aromatic carboxylic acids is 1. The highest BCUT2D eigenvalue weighted by Gasteiger charge is 2.27. The molecule has 1 aromatic rings. The van der Waals surface area contributed by atoms with Gasteiger partial charge in [-0.05, 0) is 61.2 Å². The highest BCUT2D eigenvalue weighted by atomic mass is 79.9. The van der Waals surface area contributed by atoms with E-state index >= 15 is 0 Å². The lowest BCUT2D eigenvalue weighted by molar-refractivity contribution is -0.118. The minimum absolute atomic E-state index is 0.0669. The van der Waals surface area contributed by atoms with Crippen LogP contribution in [0.1, 0.15) is 51.4 Å². The predicted molar refractivity (Wildman–Crippen MR) is 109 cm³/mol. The number of benzene rings is 1. The van der Waals surface area contributed by atoms with Crippen LogP contribution >= 0.6 is 15.9 Å². The number of hydrogen-bond acceptors (Lipinski definition) is 5. The Bertz CT molecular complexity index is 743. The fourth-order valence-electron chi connectivity index (χ4n) is 2.45. The van der Waals surface area contributed by atoms with Crippen molar-refractivity contribution in [2.24, 2.45) is 5.92 Å². The summed E-state index contributed by atoms with van der Waals surface area (Å²) in [5.74, 6) is -1.62. The van der Waals surface area contributed by atoms with Crippen LogP contribution in [0.5, 0.6) is 5.75 Å². The van der Waals surface area contributed by atoms with Gasteiger partial charge in [-0.25, -0.2) is 9.59 Å². The molecule has 0 aliphatic heterocycles. The second kappa shape index (κ2) is 9.77. The average Bonchev–Trinajstić information content (AvgIpc) is 2.52. The molecule has 9 heteroatoms. The smallest absolute Gasteiger partial charge is 0.408 e. The van der Waals surface area contributed by atoms with Gasteiger partial charge >= 0.3 is 12.1 Å². The van der Waals surface area contributed by atoms with Gasteiger partial charge in [-0.3, -0.25) is 4.79 Å². The molecular weight excluding hydrogens is 432 g/mol. The van der Waals surface area contributed by atoms with E-state index in [1.807, 2.05) is 13.8 Å². The van der Waals surface area contributed by atoms with Gasteiger partial charge in [0.2, 0.25) is 5.91 Å². The lowest BCUT2D eigenvalue weighted by Gasteiger charge is -2.24. The van der Waals surface area contributed by atoms with Gasteiger partial charge < -0.3 is 25.2 Å². The van der Waals surface area contributed by atoms with E-state index in [0.717, 1.165) is 0 Å². The topological polar surface area (TPSA) is 114 Å². The number of nitrogens with one attached hydrogen (secondary N) is 2. The third-order valence-electron chi connectivity index (χ3n) is 3.50. The minimum atomic E-state index is -1.26. The summed E-state index contributed by atoms with van der Waals surface area (Å²) in [4.78, 5) is 36.6. The lowest BCUT2D eigenvalue weighted by Crippen LogP contribution is -2.46. The molecule has 1 atom stereocenters. The fourth-order valence-corrected chi connectivity index (χ4v) is 2.94. The van der Waals surface area contributed by atoms with Crippen LogP contribution < -0.4 is 15.4 Å². The summed E-state index contributed by atoms with van der Waals surface area (Å²) in [6.07, 6.45) is -0.374. The monoisotopic (exact) mass is 458 g/mol. The Morgan fingerprint density at radius 2 is 1.82 bits per heavy atom. The second-order valence-electron chi connectivity index (χ2n) is 7.63. The molecular formula is C19H27BrN2O6. The number of hydrogen-bond donors (Lipinski definition) is 3. The van der Waals surface area contributed by atoms with Crippen molar-refractivity contribution in [3.8, 4) is 5.75 Å². The van der Waals surface area contributed by atoms with Crippen molar-refractivity contribution in [1.29, 1.82) is 0 Å². The summed E-state index contributed by atoms with van der Waals surface area (Å²) in [5, 5.41) is 14.7. The first-order valence-electron chi connectivity index (χ1n) is 8.75. The summed E-state index contributed by atoms with van der Waals surface area (Å²) in [6, 6.07) is 2.12. The third kappa shape index (κ3) is 7.03. The van der Waals surface area contributed by atoms with Crippen molar-refractivity contribution in [2.45, 2.75) is 52.7 Å². The van der Waals surface area contributed by atoms with Crippen LogP contribution in [0.3, 0.4) is 0 Å². The fraction of sp³-hybridized carbons (Fsp3) is 0.526. The zero-order valence-electron chi connectivity index (χ0n) is 16.9. The van der Waals surface area contributed by atoms with Crippen molar-refractivity contribution < 1.29 is 29.0 Å². The molecule has 1 unspecified atom stereocenters. The Balaban J connectivity index is 3.12. The summed E-state index contributed by atoms with van der Waals surface area (Å²) >= 11 is 3.22. The van der Waals surface area contributed by atoms with Crippen LogP contribution in [0, 0.1) is 5.92 Å². The van der Waals surface area contributed by atoms with Crippen LogP contribution in [-0.2, 0) is 9.53 Å². The summed E-state index contributed by atoms with van der Waals surface area (Å²) in [5.41, 5.74) is -0.832. The third-order valence-corrected chi connectivity index (χ3v) is 4.12. The number of carbonyl (C=O) groups excluding carboxylic acids is 2. The summed E-state index contributed by atoms with van der Waals surface area (Å²) in [7, 11) is 1.34. The maximum absolute atomic E-state index is 12.8. The molecule has 0 bridgehead atoms. The Morgan fingerprint density at radius 3 is 2.29 bits per heavy atom. The molecule has 0 fully saturated rings. The minimum Gasteiger partial charge on any atom is -0.495 e. The van der Waals surface area contributed by atoms with Crippen molar-refractivity contribution in [2.75, 3.05) is 12.4 Å². The molecule has 1 aromatic carbocycles. The van der Waals surface area contributed by atoms with Crippen LogP contribution in [0.15, 0.2) is 16.6 Å². The number of anilines is 1. The molecule has 0 aliphatic rings. The van der Waals surface area contributed by atoms with Gasteiger partial charge in [-0.1, -0.05) is 13.8 Å². The number of ether oxygens (including phenoxy) is 2. The van der Waals surface area contributed by atoms with Gasteiger partial charge in [0.05, 0.1) is 17.3 Å². The highest BCUT2D eigenvalue weighted by molar-refractivity contribution is 9.10. The molecule has 1 rings (SSSR count). The first kappa shape index (κ1) is 23.7. The number of carbonyl (C=O) groups is 3. The average molecular weight is 459 g/mol. The van der Waals surface area contributed by atoms with Gasteiger partial charge in [0.1, 0.15) is 23.0 Å². The van der Waals surface area contributed by atoms with Crippen LogP contribution in [-0.4, -0.2) is 41.8 Å². The standard InChI is InChI=1S/C19H27BrN2O6/c1-10(2)9-13(22-18(26)28-19(3,4)5)16(23)21-12-8-7-11(20)15(27-6)14(12)17(24)25/h7-8,10,13H,9H2,1-6H3,(H,21,23)(H,22,26)(H,24,25). The Labute approximate surface area is 173 Å². The van der Waals surface area contributed by atoms with Gasteiger partial charge in [-0.2, -0.15) is 0 Å². The van der Waals surface area contributed by atoms with Gasteiger partial charge in [-0.15, -0.1) is 0 Å². The molecule has 8 nitrogen and oxygen atoms in total. The number of amides is 2. The largest absolute Gasteiger partial charge is 0.495 e. The number of halogens is 1. The first-order chi connectivity index (χ1) is 12.9. The zero-order chi connectivity index (χ0) is 21.6. The molecule has 3 N–H and O–H groups in total. The van der Waals surface area contributed by atoms with Crippen LogP contribution in [0.4, 0.5) is 10.5 Å². The molecule has 156 valence electrons. The Hall–Kier alpha value is -2.29. The maximum atomic E-state index is 12.8. The van der Waals surface area contributed by atoms with Gasteiger partial charge in [0, 0.05) is 0 Å². The number of carboxylic acid groups (broad SMARTS) is 1. The van der Waals surface area contributed by atoms with Crippen molar-refractivity contribution in [3.05, 3.63) is 22.2 Å². The highest BCUT2D eigenvalue weighted by Crippen LogP contribution is 2.34. The molecule has 28 heavy (non-hydrogen) atoms. The normalized spacial score (nSPS) is 12.3. The molecule has 0 aliphatic carbocycles. The van der Waals surface area contributed by atoms with E-state index in [-0.39, 0.29) is 22.9 Å². The molecule has 0 radical (unpaired) electrons. The van der Waals surface area contributed by atoms with E-state index in [9.17, 15) is 19.5 Å². The number of methoxy groups -OCH3 is 1. The SMILES string of the molecule is COc1c(Br)ccc(NC(=O)C(CC(C)C)NC(=O)OC(C)(C)C)c1C(=O)O. The van der Waals surface area contributed by atoms with E-state index in [1.165, 1.54) is 13.2 Å². The van der Waals surface area contributed by atoms with E-state index < -0.39 is 29.6 Å². The lowest BCUT2D eigenvalue weighted by atomic mass is 10.0. The number of rotatable bonds is 7.